The molecule has 2 aromatic rings. The lowest BCUT2D eigenvalue weighted by atomic mass is 10.1. The Morgan fingerprint density at radius 3 is 2.31 bits per heavy atom. The van der Waals surface area contributed by atoms with Crippen LogP contribution in [-0.4, -0.2) is 36.9 Å². The predicted octanol–water partition coefficient (Wildman–Crippen LogP) is 3.47. The molecule has 0 aliphatic carbocycles. The van der Waals surface area contributed by atoms with E-state index in [1.165, 1.54) is 12.1 Å². The number of nitrogens with one attached hydrogen (secondary N) is 2. The molecule has 0 radical (unpaired) electrons. The zero-order chi connectivity index (χ0) is 19.8. The number of likely N-dealkylation sites (tertiary alicyclic amines) is 1. The minimum atomic E-state index is -0.216. The number of aliphatic imine (C=N–C) groups is 1. The molecule has 2 aromatic carbocycles. The highest BCUT2D eigenvalue weighted by Gasteiger charge is 2.19. The number of halogens is 2. The normalized spacial score (nSPS) is 13.9. The number of hydrogen-bond donors (Lipinski definition) is 2. The van der Waals surface area contributed by atoms with Crippen molar-refractivity contribution >= 4 is 35.8 Å². The van der Waals surface area contributed by atoms with Crippen molar-refractivity contribution in [3.8, 4) is 0 Å². The van der Waals surface area contributed by atoms with E-state index in [0.717, 1.165) is 42.0 Å². The summed E-state index contributed by atoms with van der Waals surface area (Å²) in [5.74, 6) is 0.766. The van der Waals surface area contributed by atoms with Crippen LogP contribution in [0.15, 0.2) is 53.5 Å². The lowest BCUT2D eigenvalue weighted by molar-refractivity contribution is -0.128. The molecule has 0 atom stereocenters. The Balaban J connectivity index is 0.00000300. The van der Waals surface area contributed by atoms with Crippen LogP contribution in [0, 0.1) is 5.82 Å². The fourth-order valence-electron chi connectivity index (χ4n) is 3.24. The Morgan fingerprint density at radius 2 is 1.69 bits per heavy atom. The average molecular weight is 510 g/mol. The summed E-state index contributed by atoms with van der Waals surface area (Å²) < 4.78 is 12.9. The fraction of sp³-hybridized carbons (Fsp3) is 0.364. The van der Waals surface area contributed by atoms with Gasteiger partial charge in [0, 0.05) is 39.6 Å². The first-order valence-corrected chi connectivity index (χ1v) is 9.68. The summed E-state index contributed by atoms with van der Waals surface area (Å²) in [6.07, 6.45) is 2.44. The van der Waals surface area contributed by atoms with E-state index in [9.17, 15) is 9.18 Å². The largest absolute Gasteiger partial charge is 0.356 e. The number of amides is 1. The highest BCUT2D eigenvalue weighted by molar-refractivity contribution is 14.0. The lowest BCUT2D eigenvalue weighted by Crippen LogP contribution is -2.37. The second-order valence-electron chi connectivity index (χ2n) is 6.96. The van der Waals surface area contributed by atoms with Crippen LogP contribution in [-0.2, 0) is 24.3 Å². The second kappa shape index (κ2) is 11.7. The van der Waals surface area contributed by atoms with E-state index in [0.29, 0.717) is 26.1 Å². The third-order valence-electron chi connectivity index (χ3n) is 4.87. The molecule has 0 aromatic heterocycles. The average Bonchev–Trinajstić information content (AvgIpc) is 3.11. The molecule has 156 valence electrons. The number of carbonyl (C=O) groups is 1. The van der Waals surface area contributed by atoms with Gasteiger partial charge in [-0.25, -0.2) is 4.39 Å². The van der Waals surface area contributed by atoms with E-state index >= 15 is 0 Å². The Kier molecular flexibility index (Phi) is 9.37. The molecule has 3 rings (SSSR count). The van der Waals surface area contributed by atoms with Crippen molar-refractivity contribution in [2.75, 3.05) is 20.1 Å². The number of rotatable bonds is 7. The third kappa shape index (κ3) is 7.30. The maximum atomic E-state index is 12.9. The topological polar surface area (TPSA) is 56.7 Å². The zero-order valence-corrected chi connectivity index (χ0v) is 19.0. The molecule has 0 bridgehead atoms. The first-order valence-electron chi connectivity index (χ1n) is 9.68. The van der Waals surface area contributed by atoms with Crippen molar-refractivity contribution in [2.45, 2.75) is 32.4 Å². The molecule has 1 aliphatic heterocycles. The maximum Gasteiger partial charge on any atom is 0.222 e. The summed E-state index contributed by atoms with van der Waals surface area (Å²) in [6.45, 7) is 2.94. The Morgan fingerprint density at radius 1 is 1.03 bits per heavy atom. The van der Waals surface area contributed by atoms with Gasteiger partial charge < -0.3 is 15.5 Å². The van der Waals surface area contributed by atoms with Crippen LogP contribution in [0.1, 0.15) is 29.5 Å². The van der Waals surface area contributed by atoms with Gasteiger partial charge in [-0.1, -0.05) is 36.4 Å². The van der Waals surface area contributed by atoms with E-state index in [4.69, 9.17) is 0 Å². The molecule has 1 saturated heterocycles. The number of carbonyl (C=O) groups excluding carboxylic acids is 1. The number of hydrogen-bond acceptors (Lipinski definition) is 2. The van der Waals surface area contributed by atoms with Crippen molar-refractivity contribution < 1.29 is 9.18 Å². The van der Waals surface area contributed by atoms with E-state index in [-0.39, 0.29) is 35.7 Å². The Bertz CT molecular complexity index is 809. The van der Waals surface area contributed by atoms with Gasteiger partial charge in [-0.05, 0) is 41.7 Å². The van der Waals surface area contributed by atoms with Gasteiger partial charge in [-0.3, -0.25) is 9.79 Å². The smallest absolute Gasteiger partial charge is 0.222 e. The van der Waals surface area contributed by atoms with Gasteiger partial charge in [-0.15, -0.1) is 24.0 Å². The minimum Gasteiger partial charge on any atom is -0.356 e. The van der Waals surface area contributed by atoms with Crippen molar-refractivity contribution in [2.24, 2.45) is 4.99 Å². The molecular weight excluding hydrogens is 482 g/mol. The van der Waals surface area contributed by atoms with Crippen LogP contribution in [0.3, 0.4) is 0 Å². The minimum absolute atomic E-state index is 0. The second-order valence-corrected chi connectivity index (χ2v) is 6.96. The Hall–Kier alpha value is -2.16. The van der Waals surface area contributed by atoms with Gasteiger partial charge in [0.05, 0.1) is 0 Å². The van der Waals surface area contributed by atoms with Crippen molar-refractivity contribution in [3.05, 3.63) is 71.0 Å². The predicted molar refractivity (Wildman–Crippen MR) is 125 cm³/mol. The van der Waals surface area contributed by atoms with Gasteiger partial charge in [0.1, 0.15) is 5.82 Å². The molecule has 1 heterocycles. The molecule has 7 heteroatoms. The van der Waals surface area contributed by atoms with Gasteiger partial charge >= 0.3 is 0 Å². The maximum absolute atomic E-state index is 12.9. The summed E-state index contributed by atoms with van der Waals surface area (Å²) >= 11 is 0. The summed E-state index contributed by atoms with van der Waals surface area (Å²) in [6, 6.07) is 14.9. The molecule has 5 nitrogen and oxygen atoms in total. The van der Waals surface area contributed by atoms with Gasteiger partial charge in [0.25, 0.3) is 0 Å². The number of benzene rings is 2. The van der Waals surface area contributed by atoms with Gasteiger partial charge in [0.2, 0.25) is 5.91 Å². The van der Waals surface area contributed by atoms with Gasteiger partial charge in [-0.2, -0.15) is 0 Å². The highest BCUT2D eigenvalue weighted by atomic mass is 127. The van der Waals surface area contributed by atoms with Crippen LogP contribution in [0.4, 0.5) is 4.39 Å². The third-order valence-corrected chi connectivity index (χ3v) is 4.87. The molecule has 1 fully saturated rings. The summed E-state index contributed by atoms with van der Waals surface area (Å²) in [4.78, 5) is 17.9. The van der Waals surface area contributed by atoms with Crippen molar-refractivity contribution in [3.63, 3.8) is 0 Å². The molecule has 0 spiro atoms. The zero-order valence-electron chi connectivity index (χ0n) is 16.7. The van der Waals surface area contributed by atoms with E-state index in [1.54, 1.807) is 19.2 Å². The summed E-state index contributed by atoms with van der Waals surface area (Å²) in [7, 11) is 1.74. The first kappa shape index (κ1) is 23.1. The molecular formula is C22H28FIN4O. The molecule has 0 unspecified atom stereocenters. The molecule has 1 amide bonds. The first-order chi connectivity index (χ1) is 13.6. The lowest BCUT2D eigenvalue weighted by Gasteiger charge is -2.16. The highest BCUT2D eigenvalue weighted by Crippen LogP contribution is 2.14. The summed E-state index contributed by atoms with van der Waals surface area (Å²) in [5, 5.41) is 6.56. The van der Waals surface area contributed by atoms with E-state index in [2.05, 4.69) is 39.9 Å². The Labute approximate surface area is 188 Å². The van der Waals surface area contributed by atoms with Crippen LogP contribution in [0.5, 0.6) is 0 Å². The summed E-state index contributed by atoms with van der Waals surface area (Å²) in [5.41, 5.74) is 3.38. The van der Waals surface area contributed by atoms with Crippen molar-refractivity contribution in [1.82, 2.24) is 15.5 Å². The molecule has 2 N–H and O–H groups in total. The molecule has 1 aliphatic rings. The number of nitrogens with zero attached hydrogens (tertiary/aromatic N) is 2. The van der Waals surface area contributed by atoms with Gasteiger partial charge in [0.15, 0.2) is 5.96 Å². The molecule has 29 heavy (non-hydrogen) atoms. The fourth-order valence-corrected chi connectivity index (χ4v) is 3.24. The SMILES string of the molecule is CN=C(NCCc1ccc(F)cc1)NCc1ccc(CN2CCCC2=O)cc1.I. The van der Waals surface area contributed by atoms with E-state index in [1.807, 2.05) is 4.90 Å². The van der Waals surface area contributed by atoms with Crippen LogP contribution in [0.2, 0.25) is 0 Å². The van der Waals surface area contributed by atoms with Crippen molar-refractivity contribution in [1.29, 1.82) is 0 Å². The standard InChI is InChI=1S/C22H27FN4O.HI/c1-24-22(25-13-12-17-8-10-20(23)11-9-17)26-15-18-4-6-19(7-5-18)16-27-14-2-3-21(27)28;/h4-11H,2-3,12-16H2,1H3,(H2,24,25,26);1H. The van der Waals surface area contributed by atoms with Crippen LogP contribution >= 0.6 is 24.0 Å². The molecule has 0 saturated carbocycles. The van der Waals surface area contributed by atoms with E-state index < -0.39 is 0 Å². The monoisotopic (exact) mass is 510 g/mol. The number of guanidine groups is 1. The quantitative estimate of drug-likeness (QED) is 0.341. The van der Waals surface area contributed by atoms with Crippen LogP contribution < -0.4 is 10.6 Å². The van der Waals surface area contributed by atoms with Crippen LogP contribution in [0.25, 0.3) is 0 Å².